The van der Waals surface area contributed by atoms with Crippen molar-refractivity contribution in [3.8, 4) is 6.07 Å². The number of para-hydroxylation sites is 1. The number of nitriles is 1. The maximum Gasteiger partial charge on any atom is 0.258 e. The van der Waals surface area contributed by atoms with Gasteiger partial charge in [0.1, 0.15) is 6.17 Å². The van der Waals surface area contributed by atoms with Crippen LogP contribution in [0.1, 0.15) is 33.2 Å². The van der Waals surface area contributed by atoms with E-state index in [1.54, 1.807) is 12.1 Å². The molecule has 1 N–H and O–H groups in total. The predicted molar refractivity (Wildman–Crippen MR) is 100 cm³/mol. The number of benzene rings is 3. The Balaban J connectivity index is 1.75. The first-order valence-electron chi connectivity index (χ1n) is 8.47. The van der Waals surface area contributed by atoms with Crippen molar-refractivity contribution in [1.82, 2.24) is 4.90 Å². The fourth-order valence-corrected chi connectivity index (χ4v) is 3.24. The Morgan fingerprint density at radius 2 is 1.62 bits per heavy atom. The van der Waals surface area contributed by atoms with Gasteiger partial charge in [-0.1, -0.05) is 54.6 Å². The number of nitrogens with zero attached hydrogens (tertiary/aromatic N) is 2. The highest BCUT2D eigenvalue weighted by Crippen LogP contribution is 2.34. The number of carbonyl (C=O) groups is 1. The Labute approximate surface area is 152 Å². The van der Waals surface area contributed by atoms with Crippen LogP contribution in [-0.2, 0) is 6.54 Å². The molecule has 3 aromatic rings. The van der Waals surface area contributed by atoms with Crippen LogP contribution in [0.25, 0.3) is 0 Å². The van der Waals surface area contributed by atoms with Crippen LogP contribution < -0.4 is 5.32 Å². The van der Waals surface area contributed by atoms with E-state index in [1.165, 1.54) is 0 Å². The van der Waals surface area contributed by atoms with E-state index in [-0.39, 0.29) is 12.1 Å². The van der Waals surface area contributed by atoms with Crippen molar-refractivity contribution in [2.24, 2.45) is 0 Å². The molecule has 0 unspecified atom stereocenters. The lowest BCUT2D eigenvalue weighted by Crippen LogP contribution is -2.42. The molecule has 1 heterocycles. The summed E-state index contributed by atoms with van der Waals surface area (Å²) >= 11 is 0. The third kappa shape index (κ3) is 2.91. The smallest absolute Gasteiger partial charge is 0.258 e. The molecular weight excluding hydrogens is 322 g/mol. The summed E-state index contributed by atoms with van der Waals surface area (Å²) in [5, 5.41) is 12.5. The molecular formula is C22H17N3O. The average molecular weight is 339 g/mol. The second-order valence-electron chi connectivity index (χ2n) is 6.24. The molecule has 1 atom stereocenters. The third-order valence-corrected chi connectivity index (χ3v) is 4.57. The standard InChI is InChI=1S/C22H17N3O/c23-14-16-10-12-18(13-11-16)21-24-20-9-5-4-8-19(20)22(26)25(21)15-17-6-2-1-3-7-17/h1-13,21,24H,15H2/t21-/m1/s1. The van der Waals surface area contributed by atoms with Crippen LogP contribution in [0.5, 0.6) is 0 Å². The van der Waals surface area contributed by atoms with E-state index in [9.17, 15) is 4.79 Å². The van der Waals surface area contributed by atoms with E-state index in [2.05, 4.69) is 11.4 Å². The minimum atomic E-state index is -0.287. The van der Waals surface area contributed by atoms with Gasteiger partial charge in [-0.2, -0.15) is 5.26 Å². The van der Waals surface area contributed by atoms with Crippen molar-refractivity contribution < 1.29 is 4.79 Å². The fraction of sp³-hybridized carbons (Fsp3) is 0.0909. The number of nitrogens with one attached hydrogen (secondary N) is 1. The minimum Gasteiger partial charge on any atom is -0.361 e. The number of rotatable bonds is 3. The van der Waals surface area contributed by atoms with Crippen molar-refractivity contribution >= 4 is 11.6 Å². The highest BCUT2D eigenvalue weighted by atomic mass is 16.2. The van der Waals surface area contributed by atoms with Gasteiger partial charge in [-0.3, -0.25) is 4.79 Å². The second-order valence-corrected chi connectivity index (χ2v) is 6.24. The van der Waals surface area contributed by atoms with E-state index in [4.69, 9.17) is 5.26 Å². The Hall–Kier alpha value is -3.58. The molecule has 0 aliphatic carbocycles. The van der Waals surface area contributed by atoms with E-state index in [0.29, 0.717) is 17.7 Å². The second kappa shape index (κ2) is 6.73. The van der Waals surface area contributed by atoms with Crippen LogP contribution >= 0.6 is 0 Å². The monoisotopic (exact) mass is 339 g/mol. The molecule has 4 nitrogen and oxygen atoms in total. The predicted octanol–water partition coefficient (Wildman–Crippen LogP) is 4.32. The SMILES string of the molecule is N#Cc1ccc([C@@H]2Nc3ccccc3C(=O)N2Cc2ccccc2)cc1. The zero-order chi connectivity index (χ0) is 17.9. The molecule has 0 saturated heterocycles. The van der Waals surface area contributed by atoms with Crippen LogP contribution in [0.3, 0.4) is 0 Å². The van der Waals surface area contributed by atoms with Gasteiger partial charge in [0.15, 0.2) is 0 Å². The van der Waals surface area contributed by atoms with Crippen molar-refractivity contribution in [3.63, 3.8) is 0 Å². The van der Waals surface area contributed by atoms with Crippen LogP contribution in [0, 0.1) is 11.3 Å². The first kappa shape index (κ1) is 15.9. The van der Waals surface area contributed by atoms with Crippen LogP contribution in [0.2, 0.25) is 0 Å². The summed E-state index contributed by atoms with van der Waals surface area (Å²) in [6.45, 7) is 0.506. The van der Waals surface area contributed by atoms with Gasteiger partial charge in [-0.05, 0) is 35.4 Å². The van der Waals surface area contributed by atoms with Gasteiger partial charge in [0.2, 0.25) is 0 Å². The fourth-order valence-electron chi connectivity index (χ4n) is 3.24. The topological polar surface area (TPSA) is 56.1 Å². The Morgan fingerprint density at radius 3 is 2.35 bits per heavy atom. The molecule has 0 radical (unpaired) electrons. The lowest BCUT2D eigenvalue weighted by molar-refractivity contribution is 0.0666. The summed E-state index contributed by atoms with van der Waals surface area (Å²) < 4.78 is 0. The quantitative estimate of drug-likeness (QED) is 0.773. The summed E-state index contributed by atoms with van der Waals surface area (Å²) in [7, 11) is 0. The molecule has 0 spiro atoms. The van der Waals surface area contributed by atoms with E-state index in [1.807, 2.05) is 71.6 Å². The van der Waals surface area contributed by atoms with E-state index in [0.717, 1.165) is 16.8 Å². The first-order valence-corrected chi connectivity index (χ1v) is 8.47. The van der Waals surface area contributed by atoms with Crippen molar-refractivity contribution in [2.75, 3.05) is 5.32 Å². The number of hydrogen-bond acceptors (Lipinski definition) is 3. The minimum absolute atomic E-state index is 0.00226. The summed E-state index contributed by atoms with van der Waals surface area (Å²) in [6.07, 6.45) is -0.287. The lowest BCUT2D eigenvalue weighted by Gasteiger charge is -2.38. The largest absolute Gasteiger partial charge is 0.361 e. The molecule has 0 aromatic heterocycles. The summed E-state index contributed by atoms with van der Waals surface area (Å²) in [5.74, 6) is -0.00226. The number of hydrogen-bond donors (Lipinski definition) is 1. The van der Waals surface area contributed by atoms with Crippen LogP contribution in [-0.4, -0.2) is 10.8 Å². The summed E-state index contributed by atoms with van der Waals surface area (Å²) in [5.41, 5.74) is 4.12. The number of carbonyl (C=O) groups excluding carboxylic acids is 1. The molecule has 0 saturated carbocycles. The Bertz CT molecular complexity index is 974. The summed E-state index contributed by atoms with van der Waals surface area (Å²) in [6, 6.07) is 27.0. The van der Waals surface area contributed by atoms with Crippen LogP contribution in [0.4, 0.5) is 5.69 Å². The van der Waals surface area contributed by atoms with Gasteiger partial charge in [0, 0.05) is 12.2 Å². The molecule has 3 aromatic carbocycles. The zero-order valence-corrected chi connectivity index (χ0v) is 14.1. The molecule has 26 heavy (non-hydrogen) atoms. The van der Waals surface area contributed by atoms with Gasteiger partial charge in [0.05, 0.1) is 17.2 Å². The molecule has 126 valence electrons. The van der Waals surface area contributed by atoms with Gasteiger partial charge >= 0.3 is 0 Å². The van der Waals surface area contributed by atoms with E-state index >= 15 is 0 Å². The highest BCUT2D eigenvalue weighted by Gasteiger charge is 2.32. The maximum atomic E-state index is 13.2. The molecule has 0 bridgehead atoms. The number of anilines is 1. The van der Waals surface area contributed by atoms with Gasteiger partial charge in [0.25, 0.3) is 5.91 Å². The van der Waals surface area contributed by atoms with Gasteiger partial charge < -0.3 is 10.2 Å². The number of fused-ring (bicyclic) bond motifs is 1. The van der Waals surface area contributed by atoms with Crippen molar-refractivity contribution in [3.05, 3.63) is 101 Å². The van der Waals surface area contributed by atoms with E-state index < -0.39 is 0 Å². The third-order valence-electron chi connectivity index (χ3n) is 4.57. The molecule has 0 fully saturated rings. The zero-order valence-electron chi connectivity index (χ0n) is 14.1. The maximum absolute atomic E-state index is 13.2. The lowest BCUT2D eigenvalue weighted by atomic mass is 10.0. The van der Waals surface area contributed by atoms with Crippen molar-refractivity contribution in [1.29, 1.82) is 5.26 Å². The molecule has 4 rings (SSSR count). The van der Waals surface area contributed by atoms with Crippen molar-refractivity contribution in [2.45, 2.75) is 12.7 Å². The van der Waals surface area contributed by atoms with Gasteiger partial charge in [-0.15, -0.1) is 0 Å². The Kier molecular flexibility index (Phi) is 4.12. The molecule has 1 aliphatic heterocycles. The number of amides is 1. The highest BCUT2D eigenvalue weighted by molar-refractivity contribution is 6.01. The normalized spacial score (nSPS) is 15.7. The van der Waals surface area contributed by atoms with Gasteiger partial charge in [-0.25, -0.2) is 0 Å². The average Bonchev–Trinajstić information content (AvgIpc) is 2.71. The summed E-state index contributed by atoms with van der Waals surface area (Å²) in [4.78, 5) is 15.0. The Morgan fingerprint density at radius 1 is 0.923 bits per heavy atom. The van der Waals surface area contributed by atoms with Crippen LogP contribution in [0.15, 0.2) is 78.9 Å². The first-order chi connectivity index (χ1) is 12.8. The molecule has 1 aliphatic rings. The molecule has 1 amide bonds. The molecule has 4 heteroatoms.